The minimum atomic E-state index is -4.49. The van der Waals surface area contributed by atoms with Gasteiger partial charge in [-0.15, -0.1) is 0 Å². The predicted octanol–water partition coefficient (Wildman–Crippen LogP) is 3.29. The normalized spacial score (nSPS) is 18.9. The number of benzene rings is 1. The molecule has 0 aromatic heterocycles. The Morgan fingerprint density at radius 1 is 1.22 bits per heavy atom. The van der Waals surface area contributed by atoms with E-state index in [0.717, 1.165) is 29.9 Å². The molecule has 0 bridgehead atoms. The van der Waals surface area contributed by atoms with Crippen LogP contribution in [-0.2, 0) is 15.8 Å². The van der Waals surface area contributed by atoms with Gasteiger partial charge in [-0.2, -0.15) is 13.2 Å². The first-order chi connectivity index (χ1) is 12.7. The number of nitrogens with zero attached hydrogens (tertiary/aromatic N) is 1. The maximum Gasteiger partial charge on any atom is 0.416 e. The van der Waals surface area contributed by atoms with E-state index in [2.05, 4.69) is 10.6 Å². The van der Waals surface area contributed by atoms with Gasteiger partial charge in [-0.05, 0) is 37.5 Å². The van der Waals surface area contributed by atoms with Crippen molar-refractivity contribution in [2.24, 2.45) is 0 Å². The van der Waals surface area contributed by atoms with Crippen molar-refractivity contribution in [1.29, 1.82) is 0 Å². The Balaban J connectivity index is 1.50. The van der Waals surface area contributed by atoms with E-state index in [4.69, 9.17) is 0 Å². The zero-order chi connectivity index (χ0) is 19.7. The maximum atomic E-state index is 12.7. The van der Waals surface area contributed by atoms with Gasteiger partial charge >= 0.3 is 12.2 Å². The fourth-order valence-corrected chi connectivity index (χ4v) is 3.59. The third-order valence-electron chi connectivity index (χ3n) is 4.96. The molecule has 1 aliphatic heterocycles. The largest absolute Gasteiger partial charge is 0.416 e. The third-order valence-corrected chi connectivity index (χ3v) is 4.96. The summed E-state index contributed by atoms with van der Waals surface area (Å²) in [5.41, 5.74) is -1.58. The number of alkyl halides is 3. The van der Waals surface area contributed by atoms with Crippen LogP contribution in [0.1, 0.15) is 44.1 Å². The molecule has 0 unspecified atom stereocenters. The summed E-state index contributed by atoms with van der Waals surface area (Å²) in [4.78, 5) is 37.6. The molecule has 9 heteroatoms. The highest BCUT2D eigenvalue weighted by molar-refractivity contribution is 6.07. The molecule has 27 heavy (non-hydrogen) atoms. The van der Waals surface area contributed by atoms with Crippen LogP contribution >= 0.6 is 0 Å². The summed E-state index contributed by atoms with van der Waals surface area (Å²) in [6, 6.07) is 3.92. The summed E-state index contributed by atoms with van der Waals surface area (Å²) < 4.78 is 38.1. The SMILES string of the molecule is O=C(CCCN1C(=O)NC2(CCCC2)C1=O)Nc1cccc(C(F)(F)F)c1. The second-order valence-corrected chi connectivity index (χ2v) is 6.91. The summed E-state index contributed by atoms with van der Waals surface area (Å²) in [6.45, 7) is 0.0996. The fraction of sp³-hybridized carbons (Fsp3) is 0.500. The summed E-state index contributed by atoms with van der Waals surface area (Å²) in [7, 11) is 0. The van der Waals surface area contributed by atoms with E-state index in [1.54, 1.807) is 0 Å². The molecule has 146 valence electrons. The predicted molar refractivity (Wildman–Crippen MR) is 90.8 cm³/mol. The van der Waals surface area contributed by atoms with Gasteiger partial charge in [0.05, 0.1) is 5.56 Å². The number of hydrogen-bond donors (Lipinski definition) is 2. The zero-order valence-corrected chi connectivity index (χ0v) is 14.6. The Labute approximate surface area is 154 Å². The van der Waals surface area contributed by atoms with Crippen LogP contribution in [0.5, 0.6) is 0 Å². The van der Waals surface area contributed by atoms with Crippen LogP contribution in [-0.4, -0.2) is 34.8 Å². The number of halogens is 3. The maximum absolute atomic E-state index is 12.7. The number of rotatable bonds is 5. The Morgan fingerprint density at radius 3 is 2.59 bits per heavy atom. The quantitative estimate of drug-likeness (QED) is 0.766. The van der Waals surface area contributed by atoms with E-state index >= 15 is 0 Å². The molecule has 2 N–H and O–H groups in total. The Hall–Kier alpha value is -2.58. The minimum absolute atomic E-state index is 0.0136. The van der Waals surface area contributed by atoms with Crippen molar-refractivity contribution in [1.82, 2.24) is 10.2 Å². The smallest absolute Gasteiger partial charge is 0.326 e. The first-order valence-corrected chi connectivity index (χ1v) is 8.82. The standard InChI is InChI=1S/C18H20F3N3O3/c19-18(20,21)12-5-3-6-13(11-12)22-14(25)7-4-10-24-15(26)17(23-16(24)27)8-1-2-9-17/h3,5-6,11H,1-2,4,7-10H2,(H,22,25)(H,23,27). The fourth-order valence-electron chi connectivity index (χ4n) is 3.59. The van der Waals surface area contributed by atoms with Crippen LogP contribution < -0.4 is 10.6 Å². The number of anilines is 1. The molecule has 3 rings (SSSR count). The summed E-state index contributed by atoms with van der Waals surface area (Å²) in [5.74, 6) is -0.722. The molecule has 1 aromatic rings. The number of amides is 4. The second kappa shape index (κ2) is 7.21. The average molecular weight is 383 g/mol. The molecule has 1 heterocycles. The van der Waals surface area contributed by atoms with Crippen molar-refractivity contribution in [2.75, 3.05) is 11.9 Å². The van der Waals surface area contributed by atoms with Crippen molar-refractivity contribution in [3.63, 3.8) is 0 Å². The third kappa shape index (κ3) is 4.06. The van der Waals surface area contributed by atoms with E-state index in [0.29, 0.717) is 12.8 Å². The van der Waals surface area contributed by atoms with Crippen LogP contribution in [0.15, 0.2) is 24.3 Å². The van der Waals surface area contributed by atoms with E-state index in [-0.39, 0.29) is 31.0 Å². The lowest BCUT2D eigenvalue weighted by molar-refractivity contribution is -0.137. The van der Waals surface area contributed by atoms with Crippen molar-refractivity contribution in [3.8, 4) is 0 Å². The van der Waals surface area contributed by atoms with Crippen LogP contribution in [0.4, 0.5) is 23.7 Å². The molecule has 1 saturated carbocycles. The topological polar surface area (TPSA) is 78.5 Å². The summed E-state index contributed by atoms with van der Waals surface area (Å²) >= 11 is 0. The molecular formula is C18H20F3N3O3. The van der Waals surface area contributed by atoms with Crippen molar-refractivity contribution >= 4 is 23.5 Å². The number of nitrogens with one attached hydrogen (secondary N) is 2. The van der Waals surface area contributed by atoms with Crippen LogP contribution in [0.3, 0.4) is 0 Å². The number of urea groups is 1. The van der Waals surface area contributed by atoms with Crippen LogP contribution in [0.25, 0.3) is 0 Å². The van der Waals surface area contributed by atoms with Gasteiger partial charge in [0.1, 0.15) is 5.54 Å². The first-order valence-electron chi connectivity index (χ1n) is 8.82. The molecule has 0 radical (unpaired) electrons. The highest BCUT2D eigenvalue weighted by Crippen LogP contribution is 2.35. The van der Waals surface area contributed by atoms with Gasteiger partial charge in [0.25, 0.3) is 5.91 Å². The van der Waals surface area contributed by atoms with Gasteiger partial charge in [-0.25, -0.2) is 4.79 Å². The lowest BCUT2D eigenvalue weighted by Crippen LogP contribution is -2.44. The molecule has 0 atom stereocenters. The molecule has 1 saturated heterocycles. The summed E-state index contributed by atoms with van der Waals surface area (Å²) in [5, 5.41) is 5.17. The molecule has 1 spiro atoms. The van der Waals surface area contributed by atoms with E-state index in [9.17, 15) is 27.6 Å². The first kappa shape index (κ1) is 19.2. The molecule has 2 aliphatic rings. The lowest BCUT2D eigenvalue weighted by atomic mass is 9.98. The van der Waals surface area contributed by atoms with Crippen molar-refractivity contribution < 1.29 is 27.6 Å². The zero-order valence-electron chi connectivity index (χ0n) is 14.6. The molecule has 1 aliphatic carbocycles. The number of carbonyl (C=O) groups excluding carboxylic acids is 3. The van der Waals surface area contributed by atoms with Crippen molar-refractivity contribution in [3.05, 3.63) is 29.8 Å². The van der Waals surface area contributed by atoms with Gasteiger partial charge in [0.15, 0.2) is 0 Å². The lowest BCUT2D eigenvalue weighted by Gasteiger charge is -2.19. The molecular weight excluding hydrogens is 363 g/mol. The summed E-state index contributed by atoms with van der Waals surface area (Å²) in [6.07, 6.45) is -1.23. The Kier molecular flexibility index (Phi) is 5.12. The molecule has 4 amide bonds. The van der Waals surface area contributed by atoms with Gasteiger partial charge in [0, 0.05) is 18.7 Å². The van der Waals surface area contributed by atoms with Gasteiger partial charge in [-0.3, -0.25) is 14.5 Å². The number of hydrogen-bond acceptors (Lipinski definition) is 3. The van der Waals surface area contributed by atoms with Gasteiger partial charge in [-0.1, -0.05) is 18.9 Å². The van der Waals surface area contributed by atoms with Crippen LogP contribution in [0.2, 0.25) is 0 Å². The number of carbonyl (C=O) groups is 3. The molecule has 1 aromatic carbocycles. The van der Waals surface area contributed by atoms with Crippen LogP contribution in [0, 0.1) is 0 Å². The molecule has 6 nitrogen and oxygen atoms in total. The van der Waals surface area contributed by atoms with Gasteiger partial charge < -0.3 is 10.6 Å². The average Bonchev–Trinajstić information content (AvgIpc) is 3.15. The second-order valence-electron chi connectivity index (χ2n) is 6.91. The Bertz CT molecular complexity index is 758. The van der Waals surface area contributed by atoms with E-state index < -0.39 is 29.2 Å². The molecule has 2 fully saturated rings. The van der Waals surface area contributed by atoms with Gasteiger partial charge in [0.2, 0.25) is 5.91 Å². The Morgan fingerprint density at radius 2 is 1.93 bits per heavy atom. The number of imide groups is 1. The highest BCUT2D eigenvalue weighted by atomic mass is 19.4. The highest BCUT2D eigenvalue weighted by Gasteiger charge is 2.52. The van der Waals surface area contributed by atoms with E-state index in [1.165, 1.54) is 12.1 Å². The monoisotopic (exact) mass is 383 g/mol. The van der Waals surface area contributed by atoms with Crippen molar-refractivity contribution in [2.45, 2.75) is 50.2 Å². The minimum Gasteiger partial charge on any atom is -0.326 e. The van der Waals surface area contributed by atoms with E-state index in [1.807, 2.05) is 0 Å².